The zero-order chi connectivity index (χ0) is 10.8. The summed E-state index contributed by atoms with van der Waals surface area (Å²) in [6.07, 6.45) is 0.360. The van der Waals surface area contributed by atoms with Crippen LogP contribution in [-0.2, 0) is 10.2 Å². The number of nitrogens with two attached hydrogens (primary N) is 1. The molecule has 0 saturated heterocycles. The van der Waals surface area contributed by atoms with Crippen molar-refractivity contribution in [1.82, 2.24) is 4.72 Å². The van der Waals surface area contributed by atoms with Crippen LogP contribution in [0.4, 0.5) is 8.78 Å². The molecule has 3 N–H and O–H groups in total. The molecule has 0 aliphatic heterocycles. The molecule has 1 fully saturated rings. The van der Waals surface area contributed by atoms with E-state index >= 15 is 0 Å². The highest BCUT2D eigenvalue weighted by Gasteiger charge is 2.34. The molecule has 0 amide bonds. The molecule has 0 spiro atoms. The minimum absolute atomic E-state index is 0.0204. The molecule has 0 radical (unpaired) electrons. The first-order chi connectivity index (χ1) is 6.29. The highest BCUT2D eigenvalue weighted by atomic mass is 32.2. The molecule has 4 nitrogen and oxygen atoms in total. The average molecular weight is 228 g/mol. The number of rotatable bonds is 3. The largest absolute Gasteiger partial charge is 0.274 e. The van der Waals surface area contributed by atoms with Gasteiger partial charge < -0.3 is 0 Å². The fraction of sp³-hybridized carbons (Fsp3) is 1.00. The third kappa shape index (κ3) is 4.30. The second-order valence-electron chi connectivity index (χ2n) is 3.69. The predicted molar refractivity (Wildman–Crippen MR) is 48.0 cm³/mol. The Labute approximate surface area is 82.0 Å². The lowest BCUT2D eigenvalue weighted by atomic mass is 9.87. The predicted octanol–water partition coefficient (Wildman–Crippen LogP) is 0.605. The molecule has 1 saturated carbocycles. The second kappa shape index (κ2) is 4.08. The molecule has 0 atom stereocenters. The average Bonchev–Trinajstić information content (AvgIpc) is 2.01. The van der Waals surface area contributed by atoms with Crippen molar-refractivity contribution in [2.75, 3.05) is 6.54 Å². The van der Waals surface area contributed by atoms with Gasteiger partial charge in [0.25, 0.3) is 10.2 Å². The van der Waals surface area contributed by atoms with Gasteiger partial charge in [0, 0.05) is 19.4 Å². The van der Waals surface area contributed by atoms with Crippen LogP contribution in [0.2, 0.25) is 0 Å². The molecule has 14 heavy (non-hydrogen) atoms. The number of nitrogens with one attached hydrogen (secondary N) is 1. The van der Waals surface area contributed by atoms with E-state index < -0.39 is 16.1 Å². The maximum absolute atomic E-state index is 12.7. The first-order valence-electron chi connectivity index (χ1n) is 4.44. The minimum atomic E-state index is -3.69. The van der Waals surface area contributed by atoms with E-state index in [0.29, 0.717) is 12.8 Å². The Morgan fingerprint density at radius 1 is 1.36 bits per heavy atom. The zero-order valence-corrected chi connectivity index (χ0v) is 8.49. The third-order valence-electron chi connectivity index (χ3n) is 2.41. The summed E-state index contributed by atoms with van der Waals surface area (Å²) in [5, 5.41) is 4.72. The molecule has 1 aliphatic rings. The van der Waals surface area contributed by atoms with Crippen LogP contribution in [0.15, 0.2) is 0 Å². The van der Waals surface area contributed by atoms with Crippen molar-refractivity contribution in [3.8, 4) is 0 Å². The Balaban J connectivity index is 2.30. The van der Waals surface area contributed by atoms with Crippen molar-refractivity contribution in [3.63, 3.8) is 0 Å². The van der Waals surface area contributed by atoms with Crippen LogP contribution in [0.3, 0.4) is 0 Å². The molecule has 84 valence electrons. The summed E-state index contributed by atoms with van der Waals surface area (Å²) >= 11 is 0. The van der Waals surface area contributed by atoms with Crippen LogP contribution in [0.5, 0.6) is 0 Å². The molecule has 1 aliphatic carbocycles. The first kappa shape index (κ1) is 11.8. The molecule has 0 unspecified atom stereocenters. The van der Waals surface area contributed by atoms with Gasteiger partial charge in [-0.1, -0.05) is 0 Å². The van der Waals surface area contributed by atoms with Crippen molar-refractivity contribution in [1.29, 1.82) is 0 Å². The lowest BCUT2D eigenvalue weighted by Crippen LogP contribution is -2.37. The van der Waals surface area contributed by atoms with Crippen LogP contribution in [0.1, 0.15) is 25.7 Å². The summed E-state index contributed by atoms with van der Waals surface area (Å²) in [4.78, 5) is 0. The van der Waals surface area contributed by atoms with Gasteiger partial charge in [-0.15, -0.1) is 0 Å². The van der Waals surface area contributed by atoms with Crippen molar-refractivity contribution < 1.29 is 17.2 Å². The van der Waals surface area contributed by atoms with Gasteiger partial charge in [-0.05, 0) is 18.8 Å². The fourth-order valence-corrected chi connectivity index (χ4v) is 2.01. The highest BCUT2D eigenvalue weighted by Crippen LogP contribution is 2.35. The molecule has 0 aromatic rings. The van der Waals surface area contributed by atoms with E-state index in [-0.39, 0.29) is 25.3 Å². The molecule has 0 heterocycles. The van der Waals surface area contributed by atoms with E-state index in [2.05, 4.69) is 4.72 Å². The SMILES string of the molecule is NS(=O)(=O)NCC1CCC(F)(F)CC1. The minimum Gasteiger partial charge on any atom is -0.216 e. The molecule has 0 bridgehead atoms. The summed E-state index contributed by atoms with van der Waals surface area (Å²) in [5.74, 6) is -2.59. The topological polar surface area (TPSA) is 72.2 Å². The van der Waals surface area contributed by atoms with E-state index in [1.807, 2.05) is 0 Å². The summed E-state index contributed by atoms with van der Waals surface area (Å²) in [6.45, 7) is 0.162. The second-order valence-corrected chi connectivity index (χ2v) is 5.07. The molecular formula is C7H14F2N2O2S. The lowest BCUT2D eigenvalue weighted by Gasteiger charge is -2.27. The van der Waals surface area contributed by atoms with Crippen LogP contribution >= 0.6 is 0 Å². The Hall–Kier alpha value is -0.270. The van der Waals surface area contributed by atoms with E-state index in [1.165, 1.54) is 0 Å². The Morgan fingerprint density at radius 3 is 2.29 bits per heavy atom. The Morgan fingerprint density at radius 2 is 1.86 bits per heavy atom. The van der Waals surface area contributed by atoms with E-state index in [1.54, 1.807) is 0 Å². The molecule has 0 aromatic carbocycles. The van der Waals surface area contributed by atoms with Gasteiger partial charge in [0.1, 0.15) is 0 Å². The van der Waals surface area contributed by atoms with Crippen molar-refractivity contribution in [2.45, 2.75) is 31.6 Å². The van der Waals surface area contributed by atoms with E-state index in [0.717, 1.165) is 0 Å². The van der Waals surface area contributed by atoms with Crippen LogP contribution in [0.25, 0.3) is 0 Å². The standard InChI is InChI=1S/C7H14F2N2O2S/c8-7(9)3-1-6(2-4-7)5-11-14(10,12)13/h6,11H,1-5H2,(H2,10,12,13). The maximum atomic E-state index is 12.7. The summed E-state index contributed by atoms with van der Waals surface area (Å²) in [7, 11) is -3.69. The molecule has 0 aromatic heterocycles. The fourth-order valence-electron chi connectivity index (χ4n) is 1.54. The van der Waals surface area contributed by atoms with Crippen molar-refractivity contribution in [2.24, 2.45) is 11.1 Å². The smallest absolute Gasteiger partial charge is 0.216 e. The van der Waals surface area contributed by atoms with Gasteiger partial charge >= 0.3 is 0 Å². The van der Waals surface area contributed by atoms with Crippen molar-refractivity contribution in [3.05, 3.63) is 0 Å². The van der Waals surface area contributed by atoms with Crippen LogP contribution < -0.4 is 9.86 Å². The summed E-state index contributed by atoms with van der Waals surface area (Å²) in [5.41, 5.74) is 0. The Kier molecular flexibility index (Phi) is 3.44. The quantitative estimate of drug-likeness (QED) is 0.742. The number of hydrogen-bond acceptors (Lipinski definition) is 2. The third-order valence-corrected chi connectivity index (χ3v) is 2.98. The normalized spacial score (nSPS) is 23.6. The summed E-state index contributed by atoms with van der Waals surface area (Å²) < 4.78 is 48.5. The molecular weight excluding hydrogens is 214 g/mol. The van der Waals surface area contributed by atoms with Gasteiger partial charge in [-0.3, -0.25) is 0 Å². The van der Waals surface area contributed by atoms with Gasteiger partial charge in [-0.2, -0.15) is 8.42 Å². The van der Waals surface area contributed by atoms with Gasteiger partial charge in [-0.25, -0.2) is 18.6 Å². The van der Waals surface area contributed by atoms with E-state index in [4.69, 9.17) is 5.14 Å². The zero-order valence-electron chi connectivity index (χ0n) is 7.67. The Bertz CT molecular complexity index is 282. The lowest BCUT2D eigenvalue weighted by molar-refractivity contribution is -0.0450. The number of alkyl halides is 2. The van der Waals surface area contributed by atoms with Crippen molar-refractivity contribution >= 4 is 10.2 Å². The van der Waals surface area contributed by atoms with Crippen LogP contribution in [-0.4, -0.2) is 20.9 Å². The number of halogens is 2. The first-order valence-corrected chi connectivity index (χ1v) is 5.98. The van der Waals surface area contributed by atoms with Crippen LogP contribution in [0, 0.1) is 5.92 Å². The molecule has 7 heteroatoms. The monoisotopic (exact) mass is 228 g/mol. The van der Waals surface area contributed by atoms with Gasteiger partial charge in [0.05, 0.1) is 0 Å². The molecule has 1 rings (SSSR count). The maximum Gasteiger partial charge on any atom is 0.274 e. The summed E-state index contributed by atoms with van der Waals surface area (Å²) in [6, 6.07) is 0. The highest BCUT2D eigenvalue weighted by molar-refractivity contribution is 7.87. The number of hydrogen-bond donors (Lipinski definition) is 2. The van der Waals surface area contributed by atoms with E-state index in [9.17, 15) is 17.2 Å². The van der Waals surface area contributed by atoms with Gasteiger partial charge in [0.2, 0.25) is 5.92 Å². The van der Waals surface area contributed by atoms with Gasteiger partial charge in [0.15, 0.2) is 0 Å².